The Hall–Kier alpha value is -1.06. The quantitative estimate of drug-likeness (QED) is 0.816. The molecule has 3 aliphatic rings. The first-order valence-corrected chi connectivity index (χ1v) is 7.20. The number of likely N-dealkylation sites (tertiary alicyclic amines) is 1. The molecule has 0 aromatic carbocycles. The van der Waals surface area contributed by atoms with Gasteiger partial charge in [0, 0.05) is 19.5 Å². The number of hydrogen-bond acceptors (Lipinski definition) is 2. The fourth-order valence-corrected chi connectivity index (χ4v) is 4.20. The molecule has 4 atom stereocenters. The Bertz CT molecular complexity index is 369. The number of nitrogens with zero attached hydrogens (tertiary/aromatic N) is 1. The van der Waals surface area contributed by atoms with Gasteiger partial charge in [-0.3, -0.25) is 9.59 Å². The number of rotatable bonds is 3. The Morgan fingerprint density at radius 1 is 1.17 bits per heavy atom. The molecule has 0 aromatic rings. The molecular formula is C14H22N2O2. The predicted molar refractivity (Wildman–Crippen MR) is 67.4 cm³/mol. The summed E-state index contributed by atoms with van der Waals surface area (Å²) < 4.78 is 0. The fourth-order valence-electron chi connectivity index (χ4n) is 4.20. The van der Waals surface area contributed by atoms with Crippen LogP contribution in [0, 0.1) is 23.7 Å². The van der Waals surface area contributed by atoms with Crippen molar-refractivity contribution in [3.63, 3.8) is 0 Å². The Balaban J connectivity index is 1.52. The molecule has 4 heteroatoms. The van der Waals surface area contributed by atoms with Crippen LogP contribution in [0.15, 0.2) is 0 Å². The highest BCUT2D eigenvalue weighted by atomic mass is 16.2. The number of primary amides is 1. The van der Waals surface area contributed by atoms with Gasteiger partial charge in [-0.1, -0.05) is 6.42 Å². The summed E-state index contributed by atoms with van der Waals surface area (Å²) in [6, 6.07) is 0. The van der Waals surface area contributed by atoms with E-state index in [1.807, 2.05) is 4.90 Å². The minimum Gasteiger partial charge on any atom is -0.369 e. The lowest BCUT2D eigenvalue weighted by Gasteiger charge is -2.24. The van der Waals surface area contributed by atoms with Gasteiger partial charge < -0.3 is 10.6 Å². The molecule has 2 bridgehead atoms. The zero-order chi connectivity index (χ0) is 12.7. The standard InChI is InChI=1S/C14H22N2O2/c15-14(18)11-3-4-16(8-11)13(17)7-12-6-9-1-2-10(12)5-9/h9-12H,1-8H2,(H2,15,18)/t9-,10-,11-,12-/m0/s1. The van der Waals surface area contributed by atoms with E-state index in [2.05, 4.69) is 0 Å². The lowest BCUT2D eigenvalue weighted by atomic mass is 9.86. The first kappa shape index (κ1) is 12.0. The second-order valence-electron chi connectivity index (χ2n) is 6.37. The fraction of sp³-hybridized carbons (Fsp3) is 0.857. The molecule has 3 rings (SSSR count). The third-order valence-electron chi connectivity index (χ3n) is 5.26. The van der Waals surface area contributed by atoms with Gasteiger partial charge in [-0.05, 0) is 43.4 Å². The lowest BCUT2D eigenvalue weighted by Crippen LogP contribution is -2.33. The van der Waals surface area contributed by atoms with Crippen LogP contribution in [0.1, 0.15) is 38.5 Å². The van der Waals surface area contributed by atoms with Crippen LogP contribution in [0.2, 0.25) is 0 Å². The van der Waals surface area contributed by atoms with Crippen LogP contribution in [-0.2, 0) is 9.59 Å². The van der Waals surface area contributed by atoms with Gasteiger partial charge in [0.05, 0.1) is 5.92 Å². The molecule has 2 amide bonds. The average molecular weight is 250 g/mol. The summed E-state index contributed by atoms with van der Waals surface area (Å²) in [5.41, 5.74) is 5.30. The summed E-state index contributed by atoms with van der Waals surface area (Å²) in [6.07, 6.45) is 6.76. The minimum absolute atomic E-state index is 0.117. The van der Waals surface area contributed by atoms with Crippen molar-refractivity contribution in [2.45, 2.75) is 38.5 Å². The van der Waals surface area contributed by atoms with Gasteiger partial charge in [0.25, 0.3) is 0 Å². The maximum atomic E-state index is 12.2. The van der Waals surface area contributed by atoms with Gasteiger partial charge in [-0.25, -0.2) is 0 Å². The zero-order valence-electron chi connectivity index (χ0n) is 10.8. The maximum absolute atomic E-state index is 12.2. The number of fused-ring (bicyclic) bond motifs is 2. The normalized spacial score (nSPS) is 38.3. The van der Waals surface area contributed by atoms with Crippen LogP contribution in [0.3, 0.4) is 0 Å². The average Bonchev–Trinajstić information content (AvgIpc) is 3.04. The molecule has 0 aromatic heterocycles. The van der Waals surface area contributed by atoms with E-state index in [1.54, 1.807) is 0 Å². The van der Waals surface area contributed by atoms with E-state index in [0.29, 0.717) is 25.4 Å². The predicted octanol–water partition coefficient (Wildman–Crippen LogP) is 1.15. The molecule has 2 N–H and O–H groups in total. The summed E-state index contributed by atoms with van der Waals surface area (Å²) in [7, 11) is 0. The van der Waals surface area contributed by atoms with Gasteiger partial charge in [0.1, 0.15) is 0 Å². The van der Waals surface area contributed by atoms with Crippen LogP contribution in [0.5, 0.6) is 0 Å². The third kappa shape index (κ3) is 2.13. The molecule has 0 spiro atoms. The second-order valence-corrected chi connectivity index (χ2v) is 6.37. The van der Waals surface area contributed by atoms with E-state index in [9.17, 15) is 9.59 Å². The molecule has 1 aliphatic heterocycles. The molecule has 100 valence electrons. The van der Waals surface area contributed by atoms with E-state index in [0.717, 1.165) is 18.3 Å². The van der Waals surface area contributed by atoms with Crippen molar-refractivity contribution in [2.24, 2.45) is 29.4 Å². The SMILES string of the molecule is NC(=O)[C@H]1CCN(C(=O)C[C@@H]2C[C@H]3CC[C@H]2C3)C1. The molecule has 0 radical (unpaired) electrons. The first-order valence-electron chi connectivity index (χ1n) is 7.20. The highest BCUT2D eigenvalue weighted by molar-refractivity contribution is 5.81. The van der Waals surface area contributed by atoms with Crippen LogP contribution in [-0.4, -0.2) is 29.8 Å². The van der Waals surface area contributed by atoms with E-state index >= 15 is 0 Å². The molecular weight excluding hydrogens is 228 g/mol. The van der Waals surface area contributed by atoms with Gasteiger partial charge in [-0.2, -0.15) is 0 Å². The topological polar surface area (TPSA) is 63.4 Å². The highest BCUT2D eigenvalue weighted by Crippen LogP contribution is 2.49. The molecule has 0 unspecified atom stereocenters. The number of amides is 2. The van der Waals surface area contributed by atoms with Crippen molar-refractivity contribution in [3.05, 3.63) is 0 Å². The smallest absolute Gasteiger partial charge is 0.222 e. The maximum Gasteiger partial charge on any atom is 0.222 e. The molecule has 4 nitrogen and oxygen atoms in total. The summed E-state index contributed by atoms with van der Waals surface area (Å²) in [5, 5.41) is 0. The molecule has 1 saturated heterocycles. The summed E-state index contributed by atoms with van der Waals surface area (Å²) in [4.78, 5) is 25.2. The van der Waals surface area contributed by atoms with Crippen molar-refractivity contribution < 1.29 is 9.59 Å². The molecule has 2 aliphatic carbocycles. The second kappa shape index (κ2) is 4.56. The molecule has 3 fully saturated rings. The molecule has 2 saturated carbocycles. The van der Waals surface area contributed by atoms with Crippen molar-refractivity contribution in [1.29, 1.82) is 0 Å². The van der Waals surface area contributed by atoms with Crippen molar-refractivity contribution in [3.8, 4) is 0 Å². The monoisotopic (exact) mass is 250 g/mol. The van der Waals surface area contributed by atoms with Gasteiger partial charge in [-0.15, -0.1) is 0 Å². The van der Waals surface area contributed by atoms with Crippen LogP contribution in [0.4, 0.5) is 0 Å². The van der Waals surface area contributed by atoms with Crippen LogP contribution in [0.25, 0.3) is 0 Å². The summed E-state index contributed by atoms with van der Waals surface area (Å²) in [5.74, 6) is 2.18. The first-order chi connectivity index (χ1) is 8.63. The van der Waals surface area contributed by atoms with Crippen LogP contribution >= 0.6 is 0 Å². The van der Waals surface area contributed by atoms with Gasteiger partial charge in [0.2, 0.25) is 11.8 Å². The number of carbonyl (C=O) groups excluding carboxylic acids is 2. The molecule has 1 heterocycles. The van der Waals surface area contributed by atoms with E-state index < -0.39 is 0 Å². The highest BCUT2D eigenvalue weighted by Gasteiger charge is 2.41. The van der Waals surface area contributed by atoms with Gasteiger partial charge >= 0.3 is 0 Å². The largest absolute Gasteiger partial charge is 0.369 e. The van der Waals surface area contributed by atoms with Crippen molar-refractivity contribution in [2.75, 3.05) is 13.1 Å². The number of carbonyl (C=O) groups is 2. The molecule has 18 heavy (non-hydrogen) atoms. The van der Waals surface area contributed by atoms with E-state index in [4.69, 9.17) is 5.73 Å². The third-order valence-corrected chi connectivity index (χ3v) is 5.26. The Labute approximate surface area is 108 Å². The number of nitrogens with two attached hydrogens (primary N) is 1. The Morgan fingerprint density at radius 3 is 2.56 bits per heavy atom. The van der Waals surface area contributed by atoms with Gasteiger partial charge in [0.15, 0.2) is 0 Å². The minimum atomic E-state index is -0.259. The Morgan fingerprint density at radius 2 is 2.00 bits per heavy atom. The summed E-state index contributed by atoms with van der Waals surface area (Å²) >= 11 is 0. The number of hydrogen-bond donors (Lipinski definition) is 1. The zero-order valence-corrected chi connectivity index (χ0v) is 10.8. The van der Waals surface area contributed by atoms with E-state index in [1.165, 1.54) is 25.7 Å². The van der Waals surface area contributed by atoms with Crippen molar-refractivity contribution >= 4 is 11.8 Å². The van der Waals surface area contributed by atoms with Crippen molar-refractivity contribution in [1.82, 2.24) is 4.90 Å². The van der Waals surface area contributed by atoms with Crippen LogP contribution < -0.4 is 5.73 Å². The summed E-state index contributed by atoms with van der Waals surface area (Å²) in [6.45, 7) is 1.27. The lowest BCUT2D eigenvalue weighted by molar-refractivity contribution is -0.131. The Kier molecular flexibility index (Phi) is 3.04. The van der Waals surface area contributed by atoms with E-state index in [-0.39, 0.29) is 17.7 Å².